The van der Waals surface area contributed by atoms with E-state index in [4.69, 9.17) is 0 Å². The Labute approximate surface area is 113 Å². The Morgan fingerprint density at radius 3 is 2.53 bits per heavy atom. The van der Waals surface area contributed by atoms with Gasteiger partial charge in [-0.05, 0) is 38.8 Å². The van der Waals surface area contributed by atoms with E-state index in [0.29, 0.717) is 0 Å². The van der Waals surface area contributed by atoms with E-state index in [0.717, 1.165) is 31.6 Å². The van der Waals surface area contributed by atoms with Crippen LogP contribution in [0.2, 0.25) is 0 Å². The number of anilines is 1. The molecule has 1 aromatic rings. The van der Waals surface area contributed by atoms with E-state index >= 15 is 0 Å². The predicted molar refractivity (Wildman–Crippen MR) is 74.3 cm³/mol. The molecule has 0 saturated carbocycles. The lowest BCUT2D eigenvalue weighted by atomic mass is 9.84. The second kappa shape index (κ2) is 5.17. The van der Waals surface area contributed by atoms with Crippen molar-refractivity contribution in [3.05, 3.63) is 34.4 Å². The highest BCUT2D eigenvalue weighted by Crippen LogP contribution is 2.30. The standard InChI is InChI=1S/C14H20N2O3/c1-14(2,17)11-4-3-9-15(10-11)12-5-7-13(8-6-12)16(18)19/h5-8,11,17H,3-4,9-10H2,1-2H3. The summed E-state index contributed by atoms with van der Waals surface area (Å²) in [4.78, 5) is 12.4. The van der Waals surface area contributed by atoms with Gasteiger partial charge in [-0.25, -0.2) is 0 Å². The monoisotopic (exact) mass is 264 g/mol. The van der Waals surface area contributed by atoms with E-state index in [-0.39, 0.29) is 16.5 Å². The topological polar surface area (TPSA) is 66.6 Å². The molecule has 1 atom stereocenters. The molecule has 19 heavy (non-hydrogen) atoms. The maximum Gasteiger partial charge on any atom is 0.269 e. The third-order valence-electron chi connectivity index (χ3n) is 3.85. The number of nitrogens with zero attached hydrogens (tertiary/aromatic N) is 2. The van der Waals surface area contributed by atoms with Gasteiger partial charge in [0.25, 0.3) is 5.69 Å². The van der Waals surface area contributed by atoms with Gasteiger partial charge in [0, 0.05) is 36.8 Å². The molecule has 0 radical (unpaired) electrons. The van der Waals surface area contributed by atoms with Crippen LogP contribution in [0.3, 0.4) is 0 Å². The average Bonchev–Trinajstić information content (AvgIpc) is 2.38. The molecule has 1 aromatic carbocycles. The molecule has 104 valence electrons. The molecule has 1 unspecified atom stereocenters. The highest BCUT2D eigenvalue weighted by Gasteiger charge is 2.31. The number of nitro benzene ring substituents is 1. The van der Waals surface area contributed by atoms with Crippen LogP contribution >= 0.6 is 0 Å². The Bertz CT molecular complexity index is 451. The molecule has 0 bridgehead atoms. The molecular weight excluding hydrogens is 244 g/mol. The Balaban J connectivity index is 2.11. The van der Waals surface area contributed by atoms with Gasteiger partial charge in [-0.15, -0.1) is 0 Å². The van der Waals surface area contributed by atoms with E-state index in [2.05, 4.69) is 4.90 Å². The van der Waals surface area contributed by atoms with Crippen LogP contribution in [0.15, 0.2) is 24.3 Å². The molecule has 1 aliphatic rings. The third-order valence-corrected chi connectivity index (χ3v) is 3.85. The van der Waals surface area contributed by atoms with Crippen LogP contribution in [0.25, 0.3) is 0 Å². The van der Waals surface area contributed by atoms with Gasteiger partial charge in [-0.2, -0.15) is 0 Å². The van der Waals surface area contributed by atoms with Crippen LogP contribution in [0, 0.1) is 16.0 Å². The molecule has 1 saturated heterocycles. The first-order valence-electron chi connectivity index (χ1n) is 6.59. The lowest BCUT2D eigenvalue weighted by Crippen LogP contribution is -2.44. The highest BCUT2D eigenvalue weighted by atomic mass is 16.6. The van der Waals surface area contributed by atoms with Crippen LogP contribution in [-0.2, 0) is 0 Å². The zero-order chi connectivity index (χ0) is 14.0. The minimum atomic E-state index is -0.681. The molecule has 2 rings (SSSR count). The van der Waals surface area contributed by atoms with E-state index < -0.39 is 5.60 Å². The highest BCUT2D eigenvalue weighted by molar-refractivity contribution is 5.51. The van der Waals surface area contributed by atoms with Crippen molar-refractivity contribution in [1.29, 1.82) is 0 Å². The van der Waals surface area contributed by atoms with E-state index in [1.165, 1.54) is 12.1 Å². The van der Waals surface area contributed by atoms with E-state index in [1.807, 2.05) is 13.8 Å². The van der Waals surface area contributed by atoms with Gasteiger partial charge >= 0.3 is 0 Å². The fourth-order valence-electron chi connectivity index (χ4n) is 2.57. The third kappa shape index (κ3) is 3.23. The fourth-order valence-corrected chi connectivity index (χ4v) is 2.57. The zero-order valence-electron chi connectivity index (χ0n) is 11.4. The van der Waals surface area contributed by atoms with Gasteiger partial charge in [-0.1, -0.05) is 0 Å². The van der Waals surface area contributed by atoms with Crippen LogP contribution in [0.5, 0.6) is 0 Å². The van der Waals surface area contributed by atoms with Crippen molar-refractivity contribution in [2.24, 2.45) is 5.92 Å². The number of benzene rings is 1. The van der Waals surface area contributed by atoms with E-state index in [1.54, 1.807) is 12.1 Å². The molecule has 0 aliphatic carbocycles. The summed E-state index contributed by atoms with van der Waals surface area (Å²) in [7, 11) is 0. The lowest BCUT2D eigenvalue weighted by molar-refractivity contribution is -0.384. The first-order valence-corrected chi connectivity index (χ1v) is 6.59. The number of non-ortho nitro benzene ring substituents is 1. The van der Waals surface area contributed by atoms with Gasteiger partial charge < -0.3 is 10.0 Å². The summed E-state index contributed by atoms with van der Waals surface area (Å²) in [5, 5.41) is 20.7. The lowest BCUT2D eigenvalue weighted by Gasteiger charge is -2.39. The molecule has 1 aliphatic heterocycles. The molecule has 1 heterocycles. The van der Waals surface area contributed by atoms with Gasteiger partial charge in [0.05, 0.1) is 10.5 Å². The SMILES string of the molecule is CC(C)(O)C1CCCN(c2ccc([N+](=O)[O-])cc2)C1. The summed E-state index contributed by atoms with van der Waals surface area (Å²) in [6.45, 7) is 5.42. The summed E-state index contributed by atoms with van der Waals surface area (Å²) in [6, 6.07) is 6.63. The zero-order valence-corrected chi connectivity index (χ0v) is 11.4. The number of hydrogen-bond acceptors (Lipinski definition) is 4. The van der Waals surface area contributed by atoms with Crippen molar-refractivity contribution in [2.75, 3.05) is 18.0 Å². The Morgan fingerprint density at radius 2 is 2.00 bits per heavy atom. The molecular formula is C14H20N2O3. The van der Waals surface area contributed by atoms with Crippen molar-refractivity contribution < 1.29 is 10.0 Å². The van der Waals surface area contributed by atoms with Crippen molar-refractivity contribution in [1.82, 2.24) is 0 Å². The summed E-state index contributed by atoms with van der Waals surface area (Å²) >= 11 is 0. The Morgan fingerprint density at radius 1 is 1.37 bits per heavy atom. The quantitative estimate of drug-likeness (QED) is 0.673. The smallest absolute Gasteiger partial charge is 0.269 e. The number of rotatable bonds is 3. The minimum Gasteiger partial charge on any atom is -0.390 e. The van der Waals surface area contributed by atoms with Crippen LogP contribution in [-0.4, -0.2) is 28.7 Å². The summed E-state index contributed by atoms with van der Waals surface area (Å²) < 4.78 is 0. The molecule has 5 nitrogen and oxygen atoms in total. The number of nitro groups is 1. The first-order chi connectivity index (χ1) is 8.88. The van der Waals surface area contributed by atoms with Gasteiger partial charge in [-0.3, -0.25) is 10.1 Å². The van der Waals surface area contributed by atoms with Crippen LogP contribution in [0.1, 0.15) is 26.7 Å². The van der Waals surface area contributed by atoms with Crippen LogP contribution < -0.4 is 4.90 Å². The maximum atomic E-state index is 10.6. The molecule has 0 amide bonds. The first kappa shape index (κ1) is 13.8. The summed E-state index contributed by atoms with van der Waals surface area (Å²) in [5.41, 5.74) is 0.416. The average molecular weight is 264 g/mol. The Kier molecular flexibility index (Phi) is 3.75. The predicted octanol–water partition coefficient (Wildman–Crippen LogP) is 2.58. The van der Waals surface area contributed by atoms with Gasteiger partial charge in [0.2, 0.25) is 0 Å². The minimum absolute atomic E-state index is 0.111. The van der Waals surface area contributed by atoms with Gasteiger partial charge in [0.1, 0.15) is 0 Å². The summed E-state index contributed by atoms with van der Waals surface area (Å²) in [6.07, 6.45) is 2.05. The summed E-state index contributed by atoms with van der Waals surface area (Å²) in [5.74, 6) is 0.233. The Hall–Kier alpha value is -1.62. The fraction of sp³-hybridized carbons (Fsp3) is 0.571. The molecule has 1 N–H and O–H groups in total. The second-order valence-electron chi connectivity index (χ2n) is 5.71. The van der Waals surface area contributed by atoms with Crippen molar-refractivity contribution in [3.63, 3.8) is 0 Å². The number of piperidine rings is 1. The molecule has 1 fully saturated rings. The van der Waals surface area contributed by atoms with Gasteiger partial charge in [0.15, 0.2) is 0 Å². The van der Waals surface area contributed by atoms with E-state index in [9.17, 15) is 15.2 Å². The maximum absolute atomic E-state index is 10.6. The van der Waals surface area contributed by atoms with Crippen LogP contribution in [0.4, 0.5) is 11.4 Å². The number of aliphatic hydroxyl groups is 1. The van der Waals surface area contributed by atoms with Crippen molar-refractivity contribution in [2.45, 2.75) is 32.3 Å². The second-order valence-corrected chi connectivity index (χ2v) is 5.71. The van der Waals surface area contributed by atoms with Crippen molar-refractivity contribution >= 4 is 11.4 Å². The molecule has 0 aromatic heterocycles. The number of hydrogen-bond donors (Lipinski definition) is 1. The molecule has 5 heteroatoms. The molecule has 0 spiro atoms. The largest absolute Gasteiger partial charge is 0.390 e. The van der Waals surface area contributed by atoms with Crippen molar-refractivity contribution in [3.8, 4) is 0 Å². The normalized spacial score (nSPS) is 20.4.